The normalized spacial score (nSPS) is 18.5. The van der Waals surface area contributed by atoms with Crippen LogP contribution >= 0.6 is 24.0 Å². The summed E-state index contributed by atoms with van der Waals surface area (Å²) < 4.78 is 26.6. The Balaban J connectivity index is 0.00000306. The van der Waals surface area contributed by atoms with Crippen molar-refractivity contribution in [2.75, 3.05) is 44.2 Å². The lowest BCUT2D eigenvalue weighted by Crippen LogP contribution is -2.53. The van der Waals surface area contributed by atoms with Gasteiger partial charge in [-0.1, -0.05) is 23.7 Å². The average Bonchev–Trinajstić information content (AvgIpc) is 2.81. The summed E-state index contributed by atoms with van der Waals surface area (Å²) in [5, 5.41) is 1.75. The Morgan fingerprint density at radius 1 is 1.00 bits per heavy atom. The molecule has 2 aliphatic heterocycles. The molecule has 2 saturated heterocycles. The van der Waals surface area contributed by atoms with Gasteiger partial charge in [0.15, 0.2) is 0 Å². The van der Waals surface area contributed by atoms with Crippen LogP contribution in [0.4, 0.5) is 5.69 Å². The quantitative estimate of drug-likeness (QED) is 0.594. The van der Waals surface area contributed by atoms with E-state index in [0.29, 0.717) is 30.6 Å². The number of amides is 1. The third-order valence-corrected chi connectivity index (χ3v) is 7.83. The molecule has 0 unspecified atom stereocenters. The number of carbonyl (C=O) groups excluding carboxylic acids is 1. The number of hydrogen-bond donors (Lipinski definition) is 0. The lowest BCUT2D eigenvalue weighted by Gasteiger charge is -2.38. The summed E-state index contributed by atoms with van der Waals surface area (Å²) in [5.74, 6) is 0.307. The van der Waals surface area contributed by atoms with Crippen molar-refractivity contribution in [3.05, 3.63) is 64.8 Å². The molecule has 0 spiro atoms. The number of piperazine rings is 1. The van der Waals surface area contributed by atoms with Crippen molar-refractivity contribution in [1.82, 2.24) is 14.2 Å². The zero-order valence-corrected chi connectivity index (χ0v) is 20.6. The largest absolute Gasteiger partial charge is 0.371 e. The smallest absolute Gasteiger partial charge is 0.237 e. The minimum Gasteiger partial charge on any atom is -0.371 e. The van der Waals surface area contributed by atoms with Crippen LogP contribution in [-0.4, -0.2) is 67.8 Å². The summed E-state index contributed by atoms with van der Waals surface area (Å²) in [5.41, 5.74) is 1.92. The van der Waals surface area contributed by atoms with Gasteiger partial charge in [-0.15, -0.1) is 12.4 Å². The average molecular weight is 511 g/mol. The number of hydrogen-bond acceptors (Lipinski definition) is 5. The number of aromatic nitrogens is 1. The summed E-state index contributed by atoms with van der Waals surface area (Å²) >= 11 is 5.86. The van der Waals surface area contributed by atoms with Gasteiger partial charge < -0.3 is 9.80 Å². The molecule has 1 amide bonds. The van der Waals surface area contributed by atoms with Crippen molar-refractivity contribution >= 4 is 51.7 Å². The van der Waals surface area contributed by atoms with E-state index in [2.05, 4.69) is 9.88 Å². The van der Waals surface area contributed by atoms with Crippen LogP contribution in [0.25, 0.3) is 6.08 Å². The standard InChI is InChI=1S/C23H27ClN4O3S.ClH/c24-21-3-1-19(2-4-21)9-16-32(30,31)28-15-14-27(23(29)18-28)17-20-7-12-26(13-8-20)22-5-10-25-11-6-22;/h1-6,9-11,16,20H,7-8,12-15,17-18H2;1H. The number of anilines is 1. The minimum atomic E-state index is -3.66. The van der Waals surface area contributed by atoms with Gasteiger partial charge in [-0.05, 0) is 54.7 Å². The van der Waals surface area contributed by atoms with E-state index in [1.807, 2.05) is 17.0 Å². The SMILES string of the molecule is Cl.O=C1CN(S(=O)(=O)C=Cc2ccc(Cl)cc2)CCN1CC1CCN(c2ccncc2)CC1. The molecule has 0 N–H and O–H groups in total. The summed E-state index contributed by atoms with van der Waals surface area (Å²) in [7, 11) is -3.66. The third-order valence-electron chi connectivity index (χ3n) is 6.07. The molecule has 0 aliphatic carbocycles. The number of nitrogens with zero attached hydrogens (tertiary/aromatic N) is 4. The Morgan fingerprint density at radius 3 is 2.30 bits per heavy atom. The van der Waals surface area contributed by atoms with Crippen molar-refractivity contribution in [3.63, 3.8) is 0 Å². The highest BCUT2D eigenvalue weighted by Crippen LogP contribution is 2.24. The maximum Gasteiger partial charge on any atom is 0.237 e. The highest BCUT2D eigenvalue weighted by Gasteiger charge is 2.32. The number of pyridine rings is 1. The Morgan fingerprint density at radius 2 is 1.67 bits per heavy atom. The van der Waals surface area contributed by atoms with Crippen LogP contribution in [0.2, 0.25) is 5.02 Å². The van der Waals surface area contributed by atoms with E-state index in [1.165, 1.54) is 16.1 Å². The van der Waals surface area contributed by atoms with Crippen LogP contribution in [0.5, 0.6) is 0 Å². The fourth-order valence-corrected chi connectivity index (χ4v) is 5.42. The highest BCUT2D eigenvalue weighted by molar-refractivity contribution is 7.92. The molecule has 0 bridgehead atoms. The first-order valence-corrected chi connectivity index (χ1v) is 12.7. The second-order valence-electron chi connectivity index (χ2n) is 8.21. The van der Waals surface area contributed by atoms with Gasteiger partial charge in [-0.25, -0.2) is 8.42 Å². The molecule has 4 rings (SSSR count). The summed E-state index contributed by atoms with van der Waals surface area (Å²) in [6, 6.07) is 10.9. The van der Waals surface area contributed by atoms with Gasteiger partial charge in [0.25, 0.3) is 0 Å². The maximum atomic E-state index is 12.7. The van der Waals surface area contributed by atoms with E-state index in [4.69, 9.17) is 11.6 Å². The molecule has 178 valence electrons. The van der Waals surface area contributed by atoms with Gasteiger partial charge in [-0.2, -0.15) is 4.31 Å². The zero-order chi connectivity index (χ0) is 22.6. The first-order valence-electron chi connectivity index (χ1n) is 10.8. The Labute approximate surface area is 206 Å². The second kappa shape index (κ2) is 11.3. The van der Waals surface area contributed by atoms with E-state index >= 15 is 0 Å². The molecule has 2 fully saturated rings. The molecule has 33 heavy (non-hydrogen) atoms. The van der Waals surface area contributed by atoms with Crippen LogP contribution in [0, 0.1) is 5.92 Å². The number of piperidine rings is 1. The van der Waals surface area contributed by atoms with E-state index < -0.39 is 10.0 Å². The molecule has 0 radical (unpaired) electrons. The van der Waals surface area contributed by atoms with E-state index in [9.17, 15) is 13.2 Å². The fraction of sp³-hybridized carbons (Fsp3) is 0.391. The second-order valence-corrected chi connectivity index (χ2v) is 10.5. The molecule has 3 heterocycles. The molecule has 7 nitrogen and oxygen atoms in total. The van der Waals surface area contributed by atoms with Crippen molar-refractivity contribution in [1.29, 1.82) is 0 Å². The van der Waals surface area contributed by atoms with Gasteiger partial charge in [0.05, 0.1) is 6.54 Å². The van der Waals surface area contributed by atoms with E-state index in [-0.39, 0.29) is 24.9 Å². The van der Waals surface area contributed by atoms with Crippen LogP contribution in [0.1, 0.15) is 18.4 Å². The molecule has 1 aromatic heterocycles. The molecule has 0 atom stereocenters. The van der Waals surface area contributed by atoms with Gasteiger partial charge in [0, 0.05) is 61.2 Å². The lowest BCUT2D eigenvalue weighted by atomic mass is 9.95. The van der Waals surface area contributed by atoms with Gasteiger partial charge in [-0.3, -0.25) is 9.78 Å². The zero-order valence-electron chi connectivity index (χ0n) is 18.2. The number of rotatable bonds is 6. The van der Waals surface area contributed by atoms with Crippen LogP contribution in [-0.2, 0) is 14.8 Å². The molecular weight excluding hydrogens is 483 g/mol. The number of sulfonamides is 1. The van der Waals surface area contributed by atoms with Crippen LogP contribution in [0.3, 0.4) is 0 Å². The molecule has 2 aromatic rings. The monoisotopic (exact) mass is 510 g/mol. The van der Waals surface area contributed by atoms with Gasteiger partial charge >= 0.3 is 0 Å². The topological polar surface area (TPSA) is 73.8 Å². The first kappa shape index (κ1) is 25.5. The van der Waals surface area contributed by atoms with E-state index in [1.54, 1.807) is 36.7 Å². The highest BCUT2D eigenvalue weighted by atomic mass is 35.5. The van der Waals surface area contributed by atoms with Crippen molar-refractivity contribution in [2.45, 2.75) is 12.8 Å². The van der Waals surface area contributed by atoms with Gasteiger partial charge in [0.2, 0.25) is 15.9 Å². The first-order chi connectivity index (χ1) is 15.4. The number of carbonyl (C=O) groups is 1. The maximum absolute atomic E-state index is 12.7. The summed E-state index contributed by atoms with van der Waals surface area (Å²) in [6.07, 6.45) is 7.16. The van der Waals surface area contributed by atoms with Crippen LogP contribution in [0.15, 0.2) is 54.2 Å². The third kappa shape index (κ3) is 6.69. The predicted molar refractivity (Wildman–Crippen MR) is 134 cm³/mol. The molecule has 10 heteroatoms. The predicted octanol–water partition coefficient (Wildman–Crippen LogP) is 3.52. The van der Waals surface area contributed by atoms with Crippen molar-refractivity contribution < 1.29 is 13.2 Å². The minimum absolute atomic E-state index is 0. The lowest BCUT2D eigenvalue weighted by molar-refractivity contribution is -0.134. The number of halogens is 2. The molecule has 1 aromatic carbocycles. The Bertz CT molecular complexity index is 1060. The molecular formula is C23H28Cl2N4O3S. The Hall–Kier alpha value is -2.13. The summed E-state index contributed by atoms with van der Waals surface area (Å²) in [6.45, 7) is 3.23. The number of benzene rings is 1. The van der Waals surface area contributed by atoms with Crippen LogP contribution < -0.4 is 4.90 Å². The fourth-order valence-electron chi connectivity index (χ4n) is 4.16. The van der Waals surface area contributed by atoms with E-state index in [0.717, 1.165) is 36.9 Å². The molecule has 0 saturated carbocycles. The molecule has 2 aliphatic rings. The van der Waals surface area contributed by atoms with Crippen molar-refractivity contribution in [3.8, 4) is 0 Å². The Kier molecular flexibility index (Phi) is 8.75. The van der Waals surface area contributed by atoms with Gasteiger partial charge in [0.1, 0.15) is 0 Å². The van der Waals surface area contributed by atoms with Crippen molar-refractivity contribution in [2.24, 2.45) is 5.92 Å². The summed E-state index contributed by atoms with van der Waals surface area (Å²) in [4.78, 5) is 20.9.